The maximum Gasteiger partial charge on any atom is 0.262 e. The average molecular weight is 539 g/mol. The molecule has 2 aromatic carbocycles. The average Bonchev–Trinajstić information content (AvgIpc) is 2.74. The lowest BCUT2D eigenvalue weighted by atomic mass is 10.0. The van der Waals surface area contributed by atoms with Crippen LogP contribution in [0.25, 0.3) is 0 Å². The van der Waals surface area contributed by atoms with Gasteiger partial charge in [0.1, 0.15) is 6.04 Å². The molecule has 0 radical (unpaired) electrons. The SMILES string of the molecule is CCOc1cc(C=NNC(=O)C(NC(=O)c2ccc(Cl)cc2)C(C)C)cc(Br)c1OC(C)C. The van der Waals surface area contributed by atoms with E-state index in [-0.39, 0.29) is 17.9 Å². The van der Waals surface area contributed by atoms with Crippen molar-refractivity contribution in [3.05, 3.63) is 57.0 Å². The van der Waals surface area contributed by atoms with Crippen molar-refractivity contribution in [3.63, 3.8) is 0 Å². The topological polar surface area (TPSA) is 89.0 Å². The Hall–Kier alpha value is -2.58. The third-order valence-electron chi connectivity index (χ3n) is 4.42. The third kappa shape index (κ3) is 8.05. The molecule has 2 amide bonds. The van der Waals surface area contributed by atoms with Gasteiger partial charge in [-0.15, -0.1) is 0 Å². The number of amides is 2. The zero-order valence-corrected chi connectivity index (χ0v) is 21.7. The lowest BCUT2D eigenvalue weighted by molar-refractivity contribution is -0.123. The summed E-state index contributed by atoms with van der Waals surface area (Å²) in [5, 5.41) is 7.34. The summed E-state index contributed by atoms with van der Waals surface area (Å²) in [4.78, 5) is 25.2. The van der Waals surface area contributed by atoms with Crippen LogP contribution in [0.15, 0.2) is 46.0 Å². The first kappa shape index (κ1) is 26.7. The number of benzene rings is 2. The fraction of sp³-hybridized carbons (Fsp3) is 0.375. The number of hydrogen-bond acceptors (Lipinski definition) is 5. The molecular formula is C24H29BrClN3O4. The molecule has 33 heavy (non-hydrogen) atoms. The quantitative estimate of drug-likeness (QED) is 0.322. The van der Waals surface area contributed by atoms with Crippen molar-refractivity contribution in [3.8, 4) is 11.5 Å². The van der Waals surface area contributed by atoms with E-state index in [1.54, 1.807) is 30.3 Å². The molecule has 9 heteroatoms. The third-order valence-corrected chi connectivity index (χ3v) is 5.26. The molecule has 0 spiro atoms. The van der Waals surface area contributed by atoms with Crippen LogP contribution in [0.1, 0.15) is 50.5 Å². The van der Waals surface area contributed by atoms with Gasteiger partial charge >= 0.3 is 0 Å². The second-order valence-corrected chi connectivity index (χ2v) is 9.16. The molecule has 2 aromatic rings. The molecule has 1 atom stereocenters. The van der Waals surface area contributed by atoms with Gasteiger partial charge in [-0.1, -0.05) is 25.4 Å². The number of nitrogens with one attached hydrogen (secondary N) is 2. The van der Waals surface area contributed by atoms with Crippen LogP contribution in [-0.4, -0.2) is 36.8 Å². The van der Waals surface area contributed by atoms with E-state index in [0.717, 1.165) is 0 Å². The monoisotopic (exact) mass is 537 g/mol. The summed E-state index contributed by atoms with van der Waals surface area (Å²) in [6.07, 6.45) is 1.48. The number of carbonyl (C=O) groups is 2. The minimum atomic E-state index is -0.766. The van der Waals surface area contributed by atoms with E-state index in [1.165, 1.54) is 6.21 Å². The number of hydrazone groups is 1. The fourth-order valence-electron chi connectivity index (χ4n) is 2.88. The zero-order chi connectivity index (χ0) is 24.5. The predicted molar refractivity (Wildman–Crippen MR) is 134 cm³/mol. The van der Waals surface area contributed by atoms with Gasteiger partial charge in [0.15, 0.2) is 11.5 Å². The standard InChI is InChI=1S/C24H29BrClN3O4/c1-6-32-20-12-16(11-19(25)22(20)33-15(4)5)13-27-29-24(31)21(14(2)3)28-23(30)17-7-9-18(26)10-8-17/h7-15,21H,6H2,1-5H3,(H,28,30)(H,29,31). The van der Waals surface area contributed by atoms with Crippen LogP contribution >= 0.6 is 27.5 Å². The van der Waals surface area contributed by atoms with Gasteiger partial charge in [-0.2, -0.15) is 5.10 Å². The van der Waals surface area contributed by atoms with Gasteiger partial charge in [0.25, 0.3) is 11.8 Å². The van der Waals surface area contributed by atoms with E-state index in [0.29, 0.717) is 38.7 Å². The summed E-state index contributed by atoms with van der Waals surface area (Å²) in [5.74, 6) is 0.243. The Morgan fingerprint density at radius 3 is 2.39 bits per heavy atom. The van der Waals surface area contributed by atoms with E-state index >= 15 is 0 Å². The second kappa shape index (κ2) is 12.6. The smallest absolute Gasteiger partial charge is 0.262 e. The minimum Gasteiger partial charge on any atom is -0.490 e. The van der Waals surface area contributed by atoms with Crippen molar-refractivity contribution in [1.82, 2.24) is 10.7 Å². The highest BCUT2D eigenvalue weighted by Gasteiger charge is 2.24. The molecule has 0 aromatic heterocycles. The van der Waals surface area contributed by atoms with Gasteiger partial charge in [-0.25, -0.2) is 5.43 Å². The summed E-state index contributed by atoms with van der Waals surface area (Å²) in [7, 11) is 0. The highest BCUT2D eigenvalue weighted by molar-refractivity contribution is 9.10. The predicted octanol–water partition coefficient (Wildman–Crippen LogP) is 5.19. The number of rotatable bonds is 10. The van der Waals surface area contributed by atoms with Crippen molar-refractivity contribution in [2.75, 3.05) is 6.61 Å². The highest BCUT2D eigenvalue weighted by Crippen LogP contribution is 2.37. The second-order valence-electron chi connectivity index (χ2n) is 7.87. The van der Waals surface area contributed by atoms with Gasteiger partial charge in [0.05, 0.1) is 23.4 Å². The molecule has 0 bridgehead atoms. The van der Waals surface area contributed by atoms with Crippen LogP contribution in [0.2, 0.25) is 5.02 Å². The van der Waals surface area contributed by atoms with Crippen molar-refractivity contribution in [1.29, 1.82) is 0 Å². The molecule has 178 valence electrons. The van der Waals surface area contributed by atoms with Crippen molar-refractivity contribution >= 4 is 45.6 Å². The van der Waals surface area contributed by atoms with E-state index in [2.05, 4.69) is 31.8 Å². The van der Waals surface area contributed by atoms with Crippen molar-refractivity contribution in [2.24, 2.45) is 11.0 Å². The molecule has 1 unspecified atom stereocenters. The van der Waals surface area contributed by atoms with Gasteiger partial charge in [0, 0.05) is 10.6 Å². The van der Waals surface area contributed by atoms with Crippen LogP contribution in [0.4, 0.5) is 0 Å². The minimum absolute atomic E-state index is 0.0182. The Balaban J connectivity index is 2.11. The molecule has 7 nitrogen and oxygen atoms in total. The van der Waals surface area contributed by atoms with E-state index in [1.807, 2.05) is 40.7 Å². The van der Waals surface area contributed by atoms with Crippen LogP contribution in [-0.2, 0) is 4.79 Å². The number of hydrogen-bond donors (Lipinski definition) is 2. The highest BCUT2D eigenvalue weighted by atomic mass is 79.9. The van der Waals surface area contributed by atoms with E-state index < -0.39 is 11.9 Å². The van der Waals surface area contributed by atoms with Crippen LogP contribution < -0.4 is 20.2 Å². The first-order valence-electron chi connectivity index (χ1n) is 10.6. The maximum absolute atomic E-state index is 12.7. The Labute approximate surface area is 208 Å². The van der Waals surface area contributed by atoms with Crippen LogP contribution in [0.5, 0.6) is 11.5 Å². The molecule has 0 saturated heterocycles. The summed E-state index contributed by atoms with van der Waals surface area (Å²) >= 11 is 9.37. The van der Waals surface area contributed by atoms with E-state index in [9.17, 15) is 9.59 Å². The van der Waals surface area contributed by atoms with Crippen LogP contribution in [0, 0.1) is 5.92 Å². The molecule has 0 fully saturated rings. The molecule has 2 rings (SSSR count). The maximum atomic E-state index is 12.7. The number of carbonyl (C=O) groups excluding carboxylic acids is 2. The summed E-state index contributed by atoms with van der Waals surface area (Å²) in [5.41, 5.74) is 3.62. The Morgan fingerprint density at radius 2 is 1.82 bits per heavy atom. The fourth-order valence-corrected chi connectivity index (χ4v) is 3.56. The molecular weight excluding hydrogens is 510 g/mol. The van der Waals surface area contributed by atoms with Gasteiger partial charge in [-0.05, 0) is 84.6 Å². The Kier molecular flexibility index (Phi) is 10.2. The molecule has 0 aliphatic carbocycles. The Morgan fingerprint density at radius 1 is 1.15 bits per heavy atom. The number of ether oxygens (including phenoxy) is 2. The summed E-state index contributed by atoms with van der Waals surface area (Å²) < 4.78 is 12.2. The normalized spacial score (nSPS) is 12.2. The molecule has 0 aliphatic heterocycles. The summed E-state index contributed by atoms with van der Waals surface area (Å²) in [6.45, 7) is 9.91. The van der Waals surface area contributed by atoms with Gasteiger partial charge in [-0.3, -0.25) is 9.59 Å². The van der Waals surface area contributed by atoms with E-state index in [4.69, 9.17) is 21.1 Å². The largest absolute Gasteiger partial charge is 0.490 e. The zero-order valence-electron chi connectivity index (χ0n) is 19.3. The Bertz CT molecular complexity index is 994. The molecule has 0 saturated carbocycles. The molecule has 0 heterocycles. The van der Waals surface area contributed by atoms with Crippen molar-refractivity contribution in [2.45, 2.75) is 46.8 Å². The molecule has 0 aliphatic rings. The number of halogens is 2. The lowest BCUT2D eigenvalue weighted by Crippen LogP contribution is -2.48. The van der Waals surface area contributed by atoms with Gasteiger partial charge in [0.2, 0.25) is 0 Å². The first-order valence-corrected chi connectivity index (χ1v) is 11.8. The number of nitrogens with zero attached hydrogens (tertiary/aromatic N) is 1. The lowest BCUT2D eigenvalue weighted by Gasteiger charge is -2.20. The first-order chi connectivity index (χ1) is 15.6. The summed E-state index contributed by atoms with van der Waals surface area (Å²) in [6, 6.07) is 9.28. The van der Waals surface area contributed by atoms with Crippen LogP contribution in [0.3, 0.4) is 0 Å². The van der Waals surface area contributed by atoms with Gasteiger partial charge < -0.3 is 14.8 Å². The molecule has 2 N–H and O–H groups in total. The van der Waals surface area contributed by atoms with Crippen molar-refractivity contribution < 1.29 is 19.1 Å².